The van der Waals surface area contributed by atoms with E-state index in [2.05, 4.69) is 5.32 Å². The Bertz CT molecular complexity index is 940. The molecule has 0 radical (unpaired) electrons. The lowest BCUT2D eigenvalue weighted by Gasteiger charge is -2.25. The molecule has 1 aliphatic rings. The Labute approximate surface area is 177 Å². The number of benzene rings is 2. The molecule has 8 heteroatoms. The first kappa shape index (κ1) is 22.1. The van der Waals surface area contributed by atoms with Crippen molar-refractivity contribution in [3.63, 3.8) is 0 Å². The Balaban J connectivity index is 1.80. The minimum absolute atomic E-state index is 0.0210. The molecule has 2 aromatic carbocycles. The summed E-state index contributed by atoms with van der Waals surface area (Å²) in [7, 11) is -2.54. The first-order valence-electron chi connectivity index (χ1n) is 10.1. The highest BCUT2D eigenvalue weighted by Crippen LogP contribution is 2.26. The highest BCUT2D eigenvalue weighted by molar-refractivity contribution is 7.92. The molecular weight excluding hydrogens is 407 g/mol. The van der Waals surface area contributed by atoms with Crippen LogP contribution in [0.5, 0.6) is 5.75 Å². The number of amides is 1. The predicted molar refractivity (Wildman–Crippen MR) is 114 cm³/mol. The smallest absolute Gasteiger partial charge is 0.264 e. The van der Waals surface area contributed by atoms with Crippen molar-refractivity contribution in [2.45, 2.75) is 37.0 Å². The van der Waals surface area contributed by atoms with E-state index < -0.39 is 15.8 Å². The number of carbonyl (C=O) groups is 1. The number of hydrogen-bond acceptors (Lipinski definition) is 4. The van der Waals surface area contributed by atoms with Crippen molar-refractivity contribution in [3.05, 3.63) is 54.3 Å². The van der Waals surface area contributed by atoms with Crippen LogP contribution in [-0.2, 0) is 14.8 Å². The summed E-state index contributed by atoms with van der Waals surface area (Å²) in [5.74, 6) is 0.0805. The second kappa shape index (κ2) is 9.93. The Morgan fingerprint density at radius 2 is 1.70 bits per heavy atom. The van der Waals surface area contributed by atoms with Crippen molar-refractivity contribution in [2.24, 2.45) is 5.92 Å². The highest BCUT2D eigenvalue weighted by atomic mass is 32.2. The summed E-state index contributed by atoms with van der Waals surface area (Å²) in [5.41, 5.74) is 0.222. The number of carbonyl (C=O) groups excluding carboxylic acids is 1. The van der Waals surface area contributed by atoms with Gasteiger partial charge in [-0.15, -0.1) is 0 Å². The average Bonchev–Trinajstić information content (AvgIpc) is 2.77. The minimum Gasteiger partial charge on any atom is -0.497 e. The number of ether oxygens (including phenoxy) is 1. The first-order valence-corrected chi connectivity index (χ1v) is 11.5. The molecule has 2 aromatic rings. The van der Waals surface area contributed by atoms with Gasteiger partial charge in [0.15, 0.2) is 0 Å². The molecule has 3 rings (SSSR count). The van der Waals surface area contributed by atoms with Gasteiger partial charge in [-0.2, -0.15) is 0 Å². The van der Waals surface area contributed by atoms with Gasteiger partial charge in [-0.25, -0.2) is 12.8 Å². The van der Waals surface area contributed by atoms with E-state index in [9.17, 15) is 17.6 Å². The quantitative estimate of drug-likeness (QED) is 0.687. The zero-order valence-electron chi connectivity index (χ0n) is 17.0. The van der Waals surface area contributed by atoms with Crippen LogP contribution >= 0.6 is 0 Å². The maximum Gasteiger partial charge on any atom is 0.264 e. The van der Waals surface area contributed by atoms with Crippen LogP contribution in [0.2, 0.25) is 0 Å². The van der Waals surface area contributed by atoms with Gasteiger partial charge in [-0.3, -0.25) is 9.10 Å². The van der Waals surface area contributed by atoms with Crippen LogP contribution in [0.3, 0.4) is 0 Å². The van der Waals surface area contributed by atoms with Gasteiger partial charge in [0.1, 0.15) is 18.1 Å². The van der Waals surface area contributed by atoms with E-state index in [0.717, 1.165) is 30.0 Å². The topological polar surface area (TPSA) is 75.7 Å². The predicted octanol–water partition coefficient (Wildman–Crippen LogP) is 3.73. The van der Waals surface area contributed by atoms with Crippen molar-refractivity contribution in [1.82, 2.24) is 5.32 Å². The Hall–Kier alpha value is -2.61. The molecule has 30 heavy (non-hydrogen) atoms. The van der Waals surface area contributed by atoms with Gasteiger partial charge in [0.25, 0.3) is 10.0 Å². The summed E-state index contributed by atoms with van der Waals surface area (Å²) in [4.78, 5) is 12.6. The molecule has 1 saturated carbocycles. The molecule has 1 aliphatic carbocycles. The van der Waals surface area contributed by atoms with Gasteiger partial charge in [-0.1, -0.05) is 19.3 Å². The molecule has 0 atom stereocenters. The van der Waals surface area contributed by atoms with Gasteiger partial charge in [-0.05, 0) is 67.3 Å². The van der Waals surface area contributed by atoms with E-state index in [1.165, 1.54) is 49.9 Å². The molecule has 0 unspecified atom stereocenters. The van der Waals surface area contributed by atoms with Gasteiger partial charge >= 0.3 is 0 Å². The lowest BCUT2D eigenvalue weighted by atomic mass is 9.89. The molecule has 0 heterocycles. The molecule has 1 amide bonds. The van der Waals surface area contributed by atoms with Crippen LogP contribution in [0.4, 0.5) is 10.1 Å². The van der Waals surface area contributed by atoms with Gasteiger partial charge in [0.2, 0.25) is 5.91 Å². The first-order chi connectivity index (χ1) is 14.4. The van der Waals surface area contributed by atoms with E-state index in [1.807, 2.05) is 0 Å². The van der Waals surface area contributed by atoms with E-state index in [1.54, 1.807) is 12.1 Å². The number of anilines is 1. The monoisotopic (exact) mass is 434 g/mol. The molecule has 1 fully saturated rings. The summed E-state index contributed by atoms with van der Waals surface area (Å²) in [6.45, 7) is 0.158. The molecule has 0 spiro atoms. The third kappa shape index (κ3) is 5.50. The molecule has 0 aliphatic heterocycles. The fraction of sp³-hybridized carbons (Fsp3) is 0.409. The number of hydrogen-bond donors (Lipinski definition) is 1. The zero-order chi connectivity index (χ0) is 21.6. The third-order valence-electron chi connectivity index (χ3n) is 5.36. The molecule has 162 valence electrons. The zero-order valence-corrected chi connectivity index (χ0v) is 17.8. The van der Waals surface area contributed by atoms with Crippen molar-refractivity contribution < 1.29 is 22.3 Å². The summed E-state index contributed by atoms with van der Waals surface area (Å²) in [6, 6.07) is 11.0. The van der Waals surface area contributed by atoms with Crippen molar-refractivity contribution in [2.75, 3.05) is 24.5 Å². The van der Waals surface area contributed by atoms with Crippen LogP contribution in [0.1, 0.15) is 32.1 Å². The molecule has 0 aromatic heterocycles. The third-order valence-corrected chi connectivity index (χ3v) is 7.15. The fourth-order valence-corrected chi connectivity index (χ4v) is 5.05. The normalized spacial score (nSPS) is 14.9. The van der Waals surface area contributed by atoms with Crippen molar-refractivity contribution >= 4 is 21.6 Å². The van der Waals surface area contributed by atoms with Crippen LogP contribution in [0.15, 0.2) is 53.4 Å². The van der Waals surface area contributed by atoms with E-state index in [0.29, 0.717) is 18.2 Å². The Kier molecular flexibility index (Phi) is 7.31. The summed E-state index contributed by atoms with van der Waals surface area (Å²) >= 11 is 0. The number of halogens is 1. The Morgan fingerprint density at radius 3 is 2.30 bits per heavy atom. The number of sulfonamides is 1. The van der Waals surface area contributed by atoms with E-state index in [4.69, 9.17) is 4.74 Å². The maximum atomic E-state index is 13.4. The van der Waals surface area contributed by atoms with E-state index in [-0.39, 0.29) is 23.0 Å². The molecular formula is C22H27FN2O4S. The summed E-state index contributed by atoms with van der Waals surface area (Å²) in [6.07, 6.45) is 5.70. The standard InChI is InChI=1S/C22H27FN2O4S/c1-29-20-11-13-21(14-12-20)30(27,28)25(19-9-7-18(23)8-10-19)16-22(26)24-15-17-5-3-2-4-6-17/h7-14,17H,2-6,15-16H2,1H3,(H,24,26). The summed E-state index contributed by atoms with van der Waals surface area (Å²) in [5, 5.41) is 2.87. The average molecular weight is 435 g/mol. The number of rotatable bonds is 8. The fourth-order valence-electron chi connectivity index (χ4n) is 3.63. The SMILES string of the molecule is COc1ccc(S(=O)(=O)N(CC(=O)NCC2CCCCC2)c2ccc(F)cc2)cc1. The lowest BCUT2D eigenvalue weighted by Crippen LogP contribution is -2.42. The van der Waals surface area contributed by atoms with E-state index >= 15 is 0 Å². The number of nitrogens with zero attached hydrogens (tertiary/aromatic N) is 1. The van der Waals surface area contributed by atoms with Gasteiger partial charge in [0, 0.05) is 6.54 Å². The number of nitrogens with one attached hydrogen (secondary N) is 1. The second-order valence-corrected chi connectivity index (χ2v) is 9.33. The molecule has 1 N–H and O–H groups in total. The molecule has 0 saturated heterocycles. The summed E-state index contributed by atoms with van der Waals surface area (Å²) < 4.78 is 46.0. The van der Waals surface area contributed by atoms with Gasteiger partial charge < -0.3 is 10.1 Å². The van der Waals surface area contributed by atoms with Crippen LogP contribution in [0.25, 0.3) is 0 Å². The molecule has 6 nitrogen and oxygen atoms in total. The van der Waals surface area contributed by atoms with Gasteiger partial charge in [0.05, 0.1) is 17.7 Å². The largest absolute Gasteiger partial charge is 0.497 e. The molecule has 0 bridgehead atoms. The highest BCUT2D eigenvalue weighted by Gasteiger charge is 2.27. The van der Waals surface area contributed by atoms with Crippen LogP contribution in [-0.4, -0.2) is 34.5 Å². The van der Waals surface area contributed by atoms with Crippen LogP contribution < -0.4 is 14.4 Å². The number of methoxy groups -OCH3 is 1. The second-order valence-electron chi connectivity index (χ2n) is 7.47. The maximum absolute atomic E-state index is 13.4. The minimum atomic E-state index is -4.04. The van der Waals surface area contributed by atoms with Crippen molar-refractivity contribution in [3.8, 4) is 5.75 Å². The van der Waals surface area contributed by atoms with Crippen LogP contribution in [0, 0.1) is 11.7 Å². The van der Waals surface area contributed by atoms with Crippen molar-refractivity contribution in [1.29, 1.82) is 0 Å². The Morgan fingerprint density at radius 1 is 1.07 bits per heavy atom. The lowest BCUT2D eigenvalue weighted by molar-refractivity contribution is -0.119.